The Hall–Kier alpha value is -1.33. The third-order valence-corrected chi connectivity index (χ3v) is 2.84. The monoisotopic (exact) mass is 256 g/mol. The smallest absolute Gasteiger partial charge is 0.252 e. The molecular formula is C11H17ClN4O. The van der Waals surface area contributed by atoms with Gasteiger partial charge in [-0.1, -0.05) is 31.9 Å². The lowest BCUT2D eigenvalue weighted by Crippen LogP contribution is -2.28. The minimum absolute atomic E-state index is 0.178. The highest BCUT2D eigenvalue weighted by Gasteiger charge is 2.10. The number of nitrogens with one attached hydrogen (secondary N) is 2. The molecule has 0 radical (unpaired) electrons. The van der Waals surface area contributed by atoms with Gasteiger partial charge in [0.1, 0.15) is 0 Å². The van der Waals surface area contributed by atoms with Gasteiger partial charge in [0, 0.05) is 12.7 Å². The molecule has 17 heavy (non-hydrogen) atoms. The van der Waals surface area contributed by atoms with Crippen LogP contribution in [0.4, 0.5) is 5.82 Å². The fourth-order valence-electron chi connectivity index (χ4n) is 1.18. The summed E-state index contributed by atoms with van der Waals surface area (Å²) < 4.78 is 0. The molecule has 94 valence electrons. The van der Waals surface area contributed by atoms with Crippen LogP contribution in [0.5, 0.6) is 0 Å². The fourth-order valence-corrected chi connectivity index (χ4v) is 1.40. The van der Waals surface area contributed by atoms with Gasteiger partial charge >= 0.3 is 0 Å². The van der Waals surface area contributed by atoms with E-state index in [1.807, 2.05) is 0 Å². The first kappa shape index (κ1) is 13.7. The molecule has 6 heteroatoms. The summed E-state index contributed by atoms with van der Waals surface area (Å²) in [7, 11) is 0. The number of aromatic nitrogens is 1. The molecule has 0 aromatic carbocycles. The zero-order chi connectivity index (χ0) is 12.8. The van der Waals surface area contributed by atoms with Crippen LogP contribution in [0.25, 0.3) is 0 Å². The van der Waals surface area contributed by atoms with Crippen molar-refractivity contribution in [2.24, 2.45) is 11.8 Å². The molecule has 0 saturated heterocycles. The highest BCUT2D eigenvalue weighted by molar-refractivity contribution is 6.33. The van der Waals surface area contributed by atoms with Gasteiger partial charge in [-0.3, -0.25) is 4.79 Å². The average molecular weight is 257 g/mol. The van der Waals surface area contributed by atoms with Crippen LogP contribution >= 0.6 is 11.6 Å². The molecule has 1 atom stereocenters. The average Bonchev–Trinajstić information content (AvgIpc) is 2.35. The van der Waals surface area contributed by atoms with Crippen LogP contribution in [-0.2, 0) is 0 Å². The van der Waals surface area contributed by atoms with Crippen LogP contribution in [0, 0.1) is 5.92 Å². The van der Waals surface area contributed by atoms with E-state index in [-0.39, 0.29) is 5.91 Å². The van der Waals surface area contributed by atoms with Crippen LogP contribution in [0.2, 0.25) is 5.02 Å². The summed E-state index contributed by atoms with van der Waals surface area (Å²) in [5.41, 5.74) is 2.77. The molecule has 0 aliphatic carbocycles. The van der Waals surface area contributed by atoms with Gasteiger partial charge in [-0.2, -0.15) is 0 Å². The molecule has 0 saturated carbocycles. The maximum Gasteiger partial charge on any atom is 0.252 e. The number of hydrazine groups is 1. The van der Waals surface area contributed by atoms with Crippen molar-refractivity contribution in [1.82, 2.24) is 10.3 Å². The fraction of sp³-hybridized carbons (Fsp3) is 0.455. The summed E-state index contributed by atoms with van der Waals surface area (Å²) in [4.78, 5) is 15.7. The van der Waals surface area contributed by atoms with E-state index in [0.717, 1.165) is 6.42 Å². The zero-order valence-electron chi connectivity index (χ0n) is 9.96. The summed E-state index contributed by atoms with van der Waals surface area (Å²) >= 11 is 5.88. The van der Waals surface area contributed by atoms with E-state index in [1.165, 1.54) is 12.3 Å². The van der Waals surface area contributed by atoms with Crippen LogP contribution in [0.15, 0.2) is 12.3 Å². The van der Waals surface area contributed by atoms with Crippen molar-refractivity contribution in [1.29, 1.82) is 0 Å². The largest absolute Gasteiger partial charge is 0.352 e. The van der Waals surface area contributed by atoms with Crippen molar-refractivity contribution < 1.29 is 4.79 Å². The van der Waals surface area contributed by atoms with Gasteiger partial charge in [0.05, 0.1) is 10.6 Å². The predicted octanol–water partition coefficient (Wildman–Crippen LogP) is 1.80. The first-order valence-corrected chi connectivity index (χ1v) is 5.86. The predicted molar refractivity (Wildman–Crippen MR) is 68.8 cm³/mol. The first-order valence-electron chi connectivity index (χ1n) is 5.48. The molecule has 1 heterocycles. The summed E-state index contributed by atoms with van der Waals surface area (Å²) in [5, 5.41) is 3.15. The van der Waals surface area contributed by atoms with Gasteiger partial charge in [-0.05, 0) is 12.0 Å². The number of carbonyl (C=O) groups is 1. The van der Waals surface area contributed by atoms with Crippen molar-refractivity contribution >= 4 is 23.3 Å². The Labute approximate surface area is 106 Å². The number of amides is 1. The number of anilines is 1. The molecule has 5 nitrogen and oxygen atoms in total. The molecule has 1 rings (SSSR count). The molecule has 0 spiro atoms. The second-order valence-electron chi connectivity index (χ2n) is 3.92. The van der Waals surface area contributed by atoms with Gasteiger partial charge in [-0.15, -0.1) is 0 Å². The summed E-state index contributed by atoms with van der Waals surface area (Å²) in [6, 6.07) is 1.54. The minimum atomic E-state index is -0.178. The Balaban J connectivity index is 2.66. The highest BCUT2D eigenvalue weighted by Crippen LogP contribution is 2.18. The number of pyridine rings is 1. The SMILES string of the molecule is CCC(C)CNC(=O)c1cnc(NN)c(Cl)c1. The number of hydrogen-bond acceptors (Lipinski definition) is 4. The lowest BCUT2D eigenvalue weighted by molar-refractivity contribution is 0.0947. The highest BCUT2D eigenvalue weighted by atomic mass is 35.5. The lowest BCUT2D eigenvalue weighted by Gasteiger charge is -2.10. The Morgan fingerprint density at radius 1 is 1.65 bits per heavy atom. The van der Waals surface area contributed by atoms with Gasteiger partial charge in [0.15, 0.2) is 5.82 Å². The Morgan fingerprint density at radius 3 is 2.88 bits per heavy atom. The van der Waals surface area contributed by atoms with Crippen LogP contribution in [0.3, 0.4) is 0 Å². The van der Waals surface area contributed by atoms with Crippen molar-refractivity contribution in [2.45, 2.75) is 20.3 Å². The first-order chi connectivity index (χ1) is 8.08. The van der Waals surface area contributed by atoms with Gasteiger partial charge < -0.3 is 10.7 Å². The number of nitrogens with two attached hydrogens (primary N) is 1. The maximum absolute atomic E-state index is 11.8. The van der Waals surface area contributed by atoms with Crippen LogP contribution < -0.4 is 16.6 Å². The molecule has 1 amide bonds. The third kappa shape index (κ3) is 3.87. The Morgan fingerprint density at radius 2 is 2.35 bits per heavy atom. The number of hydrogen-bond donors (Lipinski definition) is 3. The third-order valence-electron chi connectivity index (χ3n) is 2.55. The van der Waals surface area contributed by atoms with Crippen molar-refractivity contribution in [3.05, 3.63) is 22.8 Å². The Kier molecular flexibility index (Phi) is 5.18. The zero-order valence-corrected chi connectivity index (χ0v) is 10.7. The number of rotatable bonds is 5. The molecule has 0 bridgehead atoms. The molecule has 0 fully saturated rings. The minimum Gasteiger partial charge on any atom is -0.352 e. The van der Waals surface area contributed by atoms with Gasteiger partial charge in [0.25, 0.3) is 5.91 Å². The number of nitrogen functional groups attached to an aromatic ring is 1. The number of halogens is 1. The molecular weight excluding hydrogens is 240 g/mol. The van der Waals surface area contributed by atoms with Crippen molar-refractivity contribution in [2.75, 3.05) is 12.0 Å². The Bertz CT molecular complexity index is 397. The van der Waals surface area contributed by atoms with Crippen LogP contribution in [-0.4, -0.2) is 17.4 Å². The molecule has 0 aliphatic rings. The summed E-state index contributed by atoms with van der Waals surface area (Å²) in [6.45, 7) is 4.80. The number of nitrogens with zero attached hydrogens (tertiary/aromatic N) is 1. The maximum atomic E-state index is 11.8. The van der Waals surface area contributed by atoms with E-state index in [2.05, 4.69) is 29.6 Å². The van der Waals surface area contributed by atoms with Gasteiger partial charge in [0.2, 0.25) is 0 Å². The standard InChI is InChI=1S/C11H17ClN4O/c1-3-7(2)5-15-11(17)8-4-9(12)10(16-13)14-6-8/h4,6-7H,3,5,13H2,1-2H3,(H,14,16)(H,15,17). The quantitative estimate of drug-likeness (QED) is 0.554. The van der Waals surface area contributed by atoms with E-state index in [9.17, 15) is 4.79 Å². The second-order valence-corrected chi connectivity index (χ2v) is 4.33. The van der Waals surface area contributed by atoms with Crippen LogP contribution in [0.1, 0.15) is 30.6 Å². The summed E-state index contributed by atoms with van der Waals surface area (Å²) in [5.74, 6) is 5.82. The van der Waals surface area contributed by atoms with E-state index in [4.69, 9.17) is 17.4 Å². The topological polar surface area (TPSA) is 80.0 Å². The summed E-state index contributed by atoms with van der Waals surface area (Å²) in [6.07, 6.45) is 2.46. The van der Waals surface area contributed by atoms with Crippen molar-refractivity contribution in [3.8, 4) is 0 Å². The lowest BCUT2D eigenvalue weighted by atomic mass is 10.1. The van der Waals surface area contributed by atoms with E-state index in [0.29, 0.717) is 28.9 Å². The van der Waals surface area contributed by atoms with Crippen molar-refractivity contribution in [3.63, 3.8) is 0 Å². The second kappa shape index (κ2) is 6.42. The molecule has 4 N–H and O–H groups in total. The number of carbonyl (C=O) groups excluding carboxylic acids is 1. The molecule has 0 aliphatic heterocycles. The molecule has 1 aromatic heterocycles. The van der Waals surface area contributed by atoms with E-state index < -0.39 is 0 Å². The molecule has 1 aromatic rings. The van der Waals surface area contributed by atoms with Gasteiger partial charge in [-0.25, -0.2) is 10.8 Å². The molecule has 1 unspecified atom stereocenters. The normalized spacial score (nSPS) is 12.0. The van der Waals surface area contributed by atoms with E-state index >= 15 is 0 Å². The van der Waals surface area contributed by atoms with E-state index in [1.54, 1.807) is 0 Å².